The Balaban J connectivity index is 2.43. The van der Waals surface area contributed by atoms with Crippen molar-refractivity contribution in [2.45, 2.75) is 27.2 Å². The van der Waals surface area contributed by atoms with Crippen molar-refractivity contribution >= 4 is 6.08 Å². The largest absolute Gasteiger partial charge is 0.462 e. The zero-order chi connectivity index (χ0) is 10.4. The van der Waals surface area contributed by atoms with Crippen LogP contribution in [0.2, 0.25) is 0 Å². The van der Waals surface area contributed by atoms with Crippen LogP contribution in [0.25, 0.3) is 6.08 Å². The number of aryl methyl sites for hydroxylation is 1. The van der Waals surface area contributed by atoms with Gasteiger partial charge in [-0.05, 0) is 45.0 Å². The fourth-order valence-corrected chi connectivity index (χ4v) is 1.29. The van der Waals surface area contributed by atoms with E-state index in [9.17, 15) is 0 Å². The lowest BCUT2D eigenvalue weighted by atomic mass is 10.2. The van der Waals surface area contributed by atoms with E-state index in [1.54, 1.807) is 0 Å². The van der Waals surface area contributed by atoms with Gasteiger partial charge in [-0.15, -0.1) is 0 Å². The van der Waals surface area contributed by atoms with Crippen LogP contribution in [0.1, 0.15) is 31.8 Å². The molecule has 0 aliphatic carbocycles. The van der Waals surface area contributed by atoms with E-state index in [1.165, 1.54) is 12.0 Å². The number of hydrogen-bond acceptors (Lipinski definition) is 2. The zero-order valence-electron chi connectivity index (χ0n) is 9.26. The maximum absolute atomic E-state index is 5.46. The molecule has 0 spiro atoms. The first-order valence-corrected chi connectivity index (χ1v) is 5.16. The zero-order valence-corrected chi connectivity index (χ0v) is 9.26. The van der Waals surface area contributed by atoms with Gasteiger partial charge in [0.15, 0.2) is 0 Å². The summed E-state index contributed by atoms with van der Waals surface area (Å²) >= 11 is 0. The van der Waals surface area contributed by atoms with E-state index in [0.29, 0.717) is 0 Å². The van der Waals surface area contributed by atoms with Crippen molar-refractivity contribution in [3.05, 3.63) is 29.2 Å². The van der Waals surface area contributed by atoms with Crippen LogP contribution in [0.4, 0.5) is 0 Å². The number of furan rings is 1. The Morgan fingerprint density at radius 3 is 2.86 bits per heavy atom. The van der Waals surface area contributed by atoms with Gasteiger partial charge in [-0.25, -0.2) is 0 Å². The Kier molecular flexibility index (Phi) is 4.47. The van der Waals surface area contributed by atoms with Gasteiger partial charge in [0.2, 0.25) is 0 Å². The van der Waals surface area contributed by atoms with Crippen molar-refractivity contribution in [3.63, 3.8) is 0 Å². The van der Waals surface area contributed by atoms with Gasteiger partial charge in [-0.1, -0.05) is 12.5 Å². The number of rotatable bonds is 5. The standard InChI is InChI=1S/C12H19NO/c1-4-7-13-9-10(2)8-12-6-5-11(3)14-12/h5-6,8,13H,4,7,9H2,1-3H3. The maximum Gasteiger partial charge on any atom is 0.127 e. The summed E-state index contributed by atoms with van der Waals surface area (Å²) in [7, 11) is 0. The molecule has 2 nitrogen and oxygen atoms in total. The molecule has 1 rings (SSSR count). The Bertz CT molecular complexity index is 299. The SMILES string of the molecule is CCCNCC(C)=Cc1ccc(C)o1. The minimum Gasteiger partial charge on any atom is -0.462 e. The molecule has 0 aromatic carbocycles. The van der Waals surface area contributed by atoms with E-state index >= 15 is 0 Å². The molecule has 0 amide bonds. The van der Waals surface area contributed by atoms with Crippen LogP contribution >= 0.6 is 0 Å². The molecule has 0 bridgehead atoms. The van der Waals surface area contributed by atoms with Gasteiger partial charge < -0.3 is 9.73 Å². The summed E-state index contributed by atoms with van der Waals surface area (Å²) in [6.45, 7) is 8.25. The summed E-state index contributed by atoms with van der Waals surface area (Å²) in [5.74, 6) is 1.91. The second kappa shape index (κ2) is 5.66. The predicted molar refractivity (Wildman–Crippen MR) is 60.3 cm³/mol. The predicted octanol–water partition coefficient (Wildman–Crippen LogP) is 2.99. The Morgan fingerprint density at radius 1 is 1.50 bits per heavy atom. The fourth-order valence-electron chi connectivity index (χ4n) is 1.29. The molecule has 2 heteroatoms. The first-order valence-electron chi connectivity index (χ1n) is 5.16. The highest BCUT2D eigenvalue weighted by molar-refractivity contribution is 5.47. The minimum atomic E-state index is 0.938. The number of nitrogens with one attached hydrogen (secondary N) is 1. The molecule has 1 heterocycles. The van der Waals surface area contributed by atoms with E-state index in [1.807, 2.05) is 19.1 Å². The molecule has 1 aromatic heterocycles. The van der Waals surface area contributed by atoms with Gasteiger partial charge in [0.05, 0.1) is 0 Å². The van der Waals surface area contributed by atoms with Crippen LogP contribution in [0.15, 0.2) is 22.1 Å². The molecule has 0 saturated carbocycles. The van der Waals surface area contributed by atoms with E-state index in [-0.39, 0.29) is 0 Å². The van der Waals surface area contributed by atoms with Crippen LogP contribution in [0.3, 0.4) is 0 Å². The molecule has 0 fully saturated rings. The van der Waals surface area contributed by atoms with Crippen molar-refractivity contribution < 1.29 is 4.42 Å². The van der Waals surface area contributed by atoms with Crippen LogP contribution < -0.4 is 5.32 Å². The molecule has 0 aliphatic rings. The van der Waals surface area contributed by atoms with Gasteiger partial charge in [0.25, 0.3) is 0 Å². The average Bonchev–Trinajstić information content (AvgIpc) is 2.52. The normalized spacial score (nSPS) is 12.1. The molecule has 0 atom stereocenters. The first-order chi connectivity index (χ1) is 6.72. The van der Waals surface area contributed by atoms with Crippen LogP contribution in [0, 0.1) is 6.92 Å². The van der Waals surface area contributed by atoms with Crippen molar-refractivity contribution in [1.82, 2.24) is 5.32 Å². The monoisotopic (exact) mass is 193 g/mol. The third kappa shape index (κ3) is 3.79. The smallest absolute Gasteiger partial charge is 0.127 e. The second-order valence-corrected chi connectivity index (χ2v) is 3.62. The Morgan fingerprint density at radius 2 is 2.29 bits per heavy atom. The highest BCUT2D eigenvalue weighted by Crippen LogP contribution is 2.10. The third-order valence-electron chi connectivity index (χ3n) is 1.98. The van der Waals surface area contributed by atoms with Crippen molar-refractivity contribution in [2.75, 3.05) is 13.1 Å². The summed E-state index contributed by atoms with van der Waals surface area (Å²) in [5.41, 5.74) is 1.30. The van der Waals surface area contributed by atoms with Crippen LogP contribution in [-0.4, -0.2) is 13.1 Å². The van der Waals surface area contributed by atoms with E-state index in [0.717, 1.165) is 24.6 Å². The fraction of sp³-hybridized carbons (Fsp3) is 0.500. The van der Waals surface area contributed by atoms with Crippen molar-refractivity contribution in [2.24, 2.45) is 0 Å². The molecule has 1 N–H and O–H groups in total. The highest BCUT2D eigenvalue weighted by Gasteiger charge is 1.95. The summed E-state index contributed by atoms with van der Waals surface area (Å²) in [6.07, 6.45) is 3.25. The molecule has 0 saturated heterocycles. The summed E-state index contributed by atoms with van der Waals surface area (Å²) < 4.78 is 5.46. The minimum absolute atomic E-state index is 0.938. The second-order valence-electron chi connectivity index (χ2n) is 3.62. The maximum atomic E-state index is 5.46. The van der Waals surface area contributed by atoms with Crippen molar-refractivity contribution in [1.29, 1.82) is 0 Å². The first kappa shape index (κ1) is 11.1. The molecule has 78 valence electrons. The Hall–Kier alpha value is -1.02. The number of hydrogen-bond donors (Lipinski definition) is 1. The lowest BCUT2D eigenvalue weighted by Gasteiger charge is -2.01. The lowest BCUT2D eigenvalue weighted by Crippen LogP contribution is -2.16. The van der Waals surface area contributed by atoms with Gasteiger partial charge in [0.1, 0.15) is 11.5 Å². The van der Waals surface area contributed by atoms with Crippen molar-refractivity contribution in [3.8, 4) is 0 Å². The molecular formula is C12H19NO. The molecular weight excluding hydrogens is 174 g/mol. The van der Waals surface area contributed by atoms with E-state index in [4.69, 9.17) is 4.42 Å². The van der Waals surface area contributed by atoms with Gasteiger partial charge >= 0.3 is 0 Å². The molecule has 0 radical (unpaired) electrons. The van der Waals surface area contributed by atoms with Gasteiger partial charge in [-0.3, -0.25) is 0 Å². The lowest BCUT2D eigenvalue weighted by molar-refractivity contribution is 0.524. The quantitative estimate of drug-likeness (QED) is 0.727. The molecule has 0 aliphatic heterocycles. The van der Waals surface area contributed by atoms with Crippen LogP contribution in [-0.2, 0) is 0 Å². The molecule has 14 heavy (non-hydrogen) atoms. The van der Waals surface area contributed by atoms with Gasteiger partial charge in [-0.2, -0.15) is 0 Å². The van der Waals surface area contributed by atoms with Gasteiger partial charge in [0, 0.05) is 6.54 Å². The van der Waals surface area contributed by atoms with E-state index < -0.39 is 0 Å². The summed E-state index contributed by atoms with van der Waals surface area (Å²) in [6, 6.07) is 3.98. The molecule has 0 unspecified atom stereocenters. The average molecular weight is 193 g/mol. The van der Waals surface area contributed by atoms with Crippen LogP contribution in [0.5, 0.6) is 0 Å². The topological polar surface area (TPSA) is 25.2 Å². The summed E-state index contributed by atoms with van der Waals surface area (Å²) in [4.78, 5) is 0. The Labute approximate surface area is 86.0 Å². The molecule has 1 aromatic rings. The highest BCUT2D eigenvalue weighted by atomic mass is 16.3. The third-order valence-corrected chi connectivity index (χ3v) is 1.98. The summed E-state index contributed by atoms with van der Waals surface area (Å²) in [5, 5.41) is 3.35. The van der Waals surface area contributed by atoms with E-state index in [2.05, 4.69) is 25.2 Å².